The molecule has 2 heterocycles. The van der Waals surface area contributed by atoms with E-state index in [0.29, 0.717) is 0 Å². The van der Waals surface area contributed by atoms with Crippen molar-refractivity contribution in [3.8, 4) is 0 Å². The van der Waals surface area contributed by atoms with E-state index < -0.39 is 0 Å². The highest BCUT2D eigenvalue weighted by molar-refractivity contribution is 9.10. The lowest BCUT2D eigenvalue weighted by molar-refractivity contribution is 0.393. The Morgan fingerprint density at radius 1 is 1.40 bits per heavy atom. The maximum Gasteiger partial charge on any atom is 0.129 e. The van der Waals surface area contributed by atoms with Crippen LogP contribution >= 0.6 is 15.9 Å². The second-order valence-electron chi connectivity index (χ2n) is 4.16. The SMILES string of the molecule is CCC1CCN(c2cccc(Br)n2)CC1. The number of hydrogen-bond donors (Lipinski definition) is 0. The highest BCUT2D eigenvalue weighted by atomic mass is 79.9. The molecule has 1 aromatic rings. The molecule has 1 fully saturated rings. The van der Waals surface area contributed by atoms with Crippen LogP contribution in [-0.4, -0.2) is 18.1 Å². The number of pyridine rings is 1. The van der Waals surface area contributed by atoms with Gasteiger partial charge in [0.2, 0.25) is 0 Å². The molecule has 15 heavy (non-hydrogen) atoms. The van der Waals surface area contributed by atoms with Gasteiger partial charge in [-0.15, -0.1) is 0 Å². The van der Waals surface area contributed by atoms with Gasteiger partial charge in [0.05, 0.1) is 0 Å². The largest absolute Gasteiger partial charge is 0.357 e. The average molecular weight is 269 g/mol. The first kappa shape index (κ1) is 10.9. The molecular weight excluding hydrogens is 252 g/mol. The topological polar surface area (TPSA) is 16.1 Å². The molecule has 0 bridgehead atoms. The van der Waals surface area contributed by atoms with Crippen LogP contribution in [0.15, 0.2) is 22.8 Å². The molecule has 0 N–H and O–H groups in total. The van der Waals surface area contributed by atoms with Crippen molar-refractivity contribution in [1.82, 2.24) is 4.98 Å². The standard InChI is InChI=1S/C12H17BrN2/c1-2-10-6-8-15(9-7-10)12-5-3-4-11(13)14-12/h3-5,10H,2,6-9H2,1H3. The summed E-state index contributed by atoms with van der Waals surface area (Å²) < 4.78 is 0.928. The predicted octanol–water partition coefficient (Wildman–Crippen LogP) is 3.47. The van der Waals surface area contributed by atoms with Crippen molar-refractivity contribution >= 4 is 21.7 Å². The van der Waals surface area contributed by atoms with Gasteiger partial charge in [-0.1, -0.05) is 19.4 Å². The zero-order valence-corrected chi connectivity index (χ0v) is 10.7. The van der Waals surface area contributed by atoms with Crippen LogP contribution in [-0.2, 0) is 0 Å². The van der Waals surface area contributed by atoms with Crippen LogP contribution in [0.1, 0.15) is 26.2 Å². The fraction of sp³-hybridized carbons (Fsp3) is 0.583. The van der Waals surface area contributed by atoms with E-state index in [2.05, 4.69) is 44.9 Å². The van der Waals surface area contributed by atoms with Gasteiger partial charge < -0.3 is 4.90 Å². The maximum absolute atomic E-state index is 4.49. The molecule has 1 saturated heterocycles. The van der Waals surface area contributed by atoms with E-state index in [1.807, 2.05) is 6.07 Å². The van der Waals surface area contributed by atoms with E-state index >= 15 is 0 Å². The van der Waals surface area contributed by atoms with Gasteiger partial charge in [0, 0.05) is 13.1 Å². The Kier molecular flexibility index (Phi) is 3.62. The van der Waals surface area contributed by atoms with Crippen LogP contribution in [0.4, 0.5) is 5.82 Å². The summed E-state index contributed by atoms with van der Waals surface area (Å²) >= 11 is 3.42. The fourth-order valence-corrected chi connectivity index (χ4v) is 2.48. The summed E-state index contributed by atoms with van der Waals surface area (Å²) in [7, 11) is 0. The van der Waals surface area contributed by atoms with Gasteiger partial charge in [0.25, 0.3) is 0 Å². The molecule has 1 aromatic heterocycles. The number of nitrogens with zero attached hydrogens (tertiary/aromatic N) is 2. The summed E-state index contributed by atoms with van der Waals surface area (Å²) in [6.07, 6.45) is 3.94. The van der Waals surface area contributed by atoms with Crippen LogP contribution in [0.5, 0.6) is 0 Å². The van der Waals surface area contributed by atoms with Crippen LogP contribution in [0, 0.1) is 5.92 Å². The third kappa shape index (κ3) is 2.71. The Morgan fingerprint density at radius 2 is 2.13 bits per heavy atom. The number of hydrogen-bond acceptors (Lipinski definition) is 2. The molecule has 0 atom stereocenters. The summed E-state index contributed by atoms with van der Waals surface area (Å²) in [5, 5.41) is 0. The third-order valence-electron chi connectivity index (χ3n) is 3.22. The van der Waals surface area contributed by atoms with Gasteiger partial charge in [-0.05, 0) is 46.8 Å². The highest BCUT2D eigenvalue weighted by Crippen LogP contribution is 2.24. The fourth-order valence-electron chi connectivity index (χ4n) is 2.14. The molecule has 2 rings (SSSR count). The number of aromatic nitrogens is 1. The molecule has 0 unspecified atom stereocenters. The molecule has 1 aliphatic heterocycles. The van der Waals surface area contributed by atoms with E-state index in [1.54, 1.807) is 0 Å². The summed E-state index contributed by atoms with van der Waals surface area (Å²) in [5.41, 5.74) is 0. The number of halogens is 1. The van der Waals surface area contributed by atoms with Crippen molar-refractivity contribution in [2.45, 2.75) is 26.2 Å². The Bertz CT molecular complexity index is 319. The van der Waals surface area contributed by atoms with Gasteiger partial charge in [-0.25, -0.2) is 4.98 Å². The van der Waals surface area contributed by atoms with E-state index in [-0.39, 0.29) is 0 Å². The minimum absolute atomic E-state index is 0.924. The Labute approximate surface area is 99.8 Å². The molecule has 0 spiro atoms. The first-order chi connectivity index (χ1) is 7.29. The highest BCUT2D eigenvalue weighted by Gasteiger charge is 2.18. The smallest absolute Gasteiger partial charge is 0.129 e. The summed E-state index contributed by atoms with van der Waals surface area (Å²) in [6.45, 7) is 4.60. The molecule has 0 aliphatic carbocycles. The monoisotopic (exact) mass is 268 g/mol. The molecule has 0 aromatic carbocycles. The molecule has 1 aliphatic rings. The van der Waals surface area contributed by atoms with Crippen molar-refractivity contribution in [2.24, 2.45) is 5.92 Å². The lowest BCUT2D eigenvalue weighted by Gasteiger charge is -2.32. The Balaban J connectivity index is 2.01. The van der Waals surface area contributed by atoms with E-state index in [0.717, 1.165) is 29.4 Å². The van der Waals surface area contributed by atoms with E-state index in [4.69, 9.17) is 0 Å². The van der Waals surface area contributed by atoms with Gasteiger partial charge in [0.15, 0.2) is 0 Å². The second kappa shape index (κ2) is 4.97. The summed E-state index contributed by atoms with van der Waals surface area (Å²) in [4.78, 5) is 6.88. The van der Waals surface area contributed by atoms with Gasteiger partial charge in [0.1, 0.15) is 10.4 Å². The zero-order valence-electron chi connectivity index (χ0n) is 9.12. The molecule has 0 amide bonds. The minimum atomic E-state index is 0.924. The van der Waals surface area contributed by atoms with Gasteiger partial charge >= 0.3 is 0 Å². The molecular formula is C12H17BrN2. The van der Waals surface area contributed by atoms with E-state index in [1.165, 1.54) is 19.3 Å². The van der Waals surface area contributed by atoms with Crippen LogP contribution < -0.4 is 4.90 Å². The molecule has 0 saturated carbocycles. The second-order valence-corrected chi connectivity index (χ2v) is 4.97. The first-order valence-corrected chi connectivity index (χ1v) is 6.46. The first-order valence-electron chi connectivity index (χ1n) is 5.67. The van der Waals surface area contributed by atoms with Crippen molar-refractivity contribution < 1.29 is 0 Å². The lowest BCUT2D eigenvalue weighted by atomic mass is 9.94. The maximum atomic E-state index is 4.49. The number of piperidine rings is 1. The molecule has 0 radical (unpaired) electrons. The van der Waals surface area contributed by atoms with Crippen molar-refractivity contribution in [1.29, 1.82) is 0 Å². The Morgan fingerprint density at radius 3 is 2.73 bits per heavy atom. The average Bonchev–Trinajstić information content (AvgIpc) is 2.29. The van der Waals surface area contributed by atoms with Crippen molar-refractivity contribution in [3.05, 3.63) is 22.8 Å². The molecule has 82 valence electrons. The Hall–Kier alpha value is -0.570. The normalized spacial score (nSPS) is 18.1. The predicted molar refractivity (Wildman–Crippen MR) is 67.2 cm³/mol. The van der Waals surface area contributed by atoms with Crippen LogP contribution in [0.3, 0.4) is 0 Å². The van der Waals surface area contributed by atoms with Crippen molar-refractivity contribution in [3.63, 3.8) is 0 Å². The molecule has 3 heteroatoms. The van der Waals surface area contributed by atoms with Crippen LogP contribution in [0.2, 0.25) is 0 Å². The molecule has 2 nitrogen and oxygen atoms in total. The summed E-state index contributed by atoms with van der Waals surface area (Å²) in [6, 6.07) is 6.12. The number of rotatable bonds is 2. The zero-order chi connectivity index (χ0) is 10.7. The third-order valence-corrected chi connectivity index (χ3v) is 3.66. The quantitative estimate of drug-likeness (QED) is 0.764. The van der Waals surface area contributed by atoms with Gasteiger partial charge in [-0.3, -0.25) is 0 Å². The van der Waals surface area contributed by atoms with Crippen molar-refractivity contribution in [2.75, 3.05) is 18.0 Å². The summed E-state index contributed by atoms with van der Waals surface area (Å²) in [5.74, 6) is 2.03. The van der Waals surface area contributed by atoms with E-state index in [9.17, 15) is 0 Å². The van der Waals surface area contributed by atoms with Crippen LogP contribution in [0.25, 0.3) is 0 Å². The number of anilines is 1. The minimum Gasteiger partial charge on any atom is -0.357 e. The van der Waals surface area contributed by atoms with Gasteiger partial charge in [-0.2, -0.15) is 0 Å². The lowest BCUT2D eigenvalue weighted by Crippen LogP contribution is -2.33.